The lowest BCUT2D eigenvalue weighted by Crippen LogP contribution is -2.51. The molecule has 0 aliphatic carbocycles. The van der Waals surface area contributed by atoms with E-state index in [1.807, 2.05) is 31.2 Å². The van der Waals surface area contributed by atoms with E-state index in [1.54, 1.807) is 37.3 Å². The summed E-state index contributed by atoms with van der Waals surface area (Å²) in [7, 11) is -4.23. The topological polar surface area (TPSA) is 86.8 Å². The maximum absolute atomic E-state index is 13.7. The molecular formula is C27H29BrFN3O4S. The molecule has 3 aromatic rings. The van der Waals surface area contributed by atoms with E-state index >= 15 is 0 Å². The standard InChI is InChI=1S/C27H29BrFN3O4S/c1-3-17-30-27(34)20(2)31(18-21-9-11-22(28)12-10-21)26(33)19-32(24-7-5-4-6-8-24)37(35,36)25-15-13-23(29)14-16-25/h4-16,20H,3,17-19H2,1-2H3,(H,30,34)/t20-/m1/s1. The molecular weight excluding hydrogens is 561 g/mol. The first-order chi connectivity index (χ1) is 17.6. The van der Waals surface area contributed by atoms with Crippen LogP contribution in [0.15, 0.2) is 88.2 Å². The normalized spacial score (nSPS) is 12.0. The first kappa shape index (κ1) is 28.3. The van der Waals surface area contributed by atoms with Crippen LogP contribution in [-0.4, -0.2) is 44.3 Å². The van der Waals surface area contributed by atoms with Gasteiger partial charge in [0.25, 0.3) is 10.0 Å². The van der Waals surface area contributed by atoms with Gasteiger partial charge in [0.1, 0.15) is 18.4 Å². The van der Waals surface area contributed by atoms with E-state index in [2.05, 4.69) is 21.2 Å². The third-order valence-corrected chi connectivity index (χ3v) is 8.02. The Hall–Kier alpha value is -3.24. The van der Waals surface area contributed by atoms with Gasteiger partial charge in [0.15, 0.2) is 0 Å². The number of hydrogen-bond acceptors (Lipinski definition) is 4. The average molecular weight is 591 g/mol. The lowest BCUT2D eigenvalue weighted by atomic mass is 10.1. The maximum Gasteiger partial charge on any atom is 0.264 e. The van der Waals surface area contributed by atoms with Crippen LogP contribution in [0.5, 0.6) is 0 Å². The molecule has 1 atom stereocenters. The molecule has 0 saturated heterocycles. The Kier molecular flexibility index (Phi) is 9.82. The second kappa shape index (κ2) is 12.8. The SMILES string of the molecule is CCCNC(=O)[C@@H](C)N(Cc1ccc(Br)cc1)C(=O)CN(c1ccccc1)S(=O)(=O)c1ccc(F)cc1. The molecule has 0 aliphatic heterocycles. The minimum absolute atomic E-state index is 0.103. The third-order valence-electron chi connectivity index (χ3n) is 5.71. The molecule has 0 bridgehead atoms. The molecule has 0 saturated carbocycles. The lowest BCUT2D eigenvalue weighted by molar-refractivity contribution is -0.139. The number of rotatable bonds is 11. The highest BCUT2D eigenvalue weighted by molar-refractivity contribution is 9.10. The van der Waals surface area contributed by atoms with Crippen molar-refractivity contribution in [1.29, 1.82) is 0 Å². The van der Waals surface area contributed by atoms with Crippen LogP contribution in [0.2, 0.25) is 0 Å². The summed E-state index contributed by atoms with van der Waals surface area (Å²) in [5.41, 5.74) is 1.05. The van der Waals surface area contributed by atoms with E-state index in [0.29, 0.717) is 6.54 Å². The summed E-state index contributed by atoms with van der Waals surface area (Å²) < 4.78 is 42.5. The quantitative estimate of drug-likeness (QED) is 0.350. The lowest BCUT2D eigenvalue weighted by Gasteiger charge is -2.32. The fraction of sp³-hybridized carbons (Fsp3) is 0.259. The Balaban J connectivity index is 1.98. The van der Waals surface area contributed by atoms with Crippen molar-refractivity contribution in [2.75, 3.05) is 17.4 Å². The highest BCUT2D eigenvalue weighted by atomic mass is 79.9. The summed E-state index contributed by atoms with van der Waals surface area (Å²) in [6.45, 7) is 3.55. The Morgan fingerprint density at radius 2 is 1.59 bits per heavy atom. The first-order valence-corrected chi connectivity index (χ1v) is 14.0. The predicted molar refractivity (Wildman–Crippen MR) is 145 cm³/mol. The third kappa shape index (κ3) is 7.39. The van der Waals surface area contributed by atoms with Crippen molar-refractivity contribution in [2.24, 2.45) is 0 Å². The number of benzene rings is 3. The van der Waals surface area contributed by atoms with Crippen molar-refractivity contribution < 1.29 is 22.4 Å². The molecule has 37 heavy (non-hydrogen) atoms. The van der Waals surface area contributed by atoms with E-state index in [0.717, 1.165) is 45.0 Å². The van der Waals surface area contributed by atoms with Gasteiger partial charge in [-0.25, -0.2) is 12.8 Å². The number of carbonyl (C=O) groups excluding carboxylic acids is 2. The minimum Gasteiger partial charge on any atom is -0.354 e. The molecule has 0 heterocycles. The summed E-state index contributed by atoms with van der Waals surface area (Å²) in [5.74, 6) is -1.47. The van der Waals surface area contributed by atoms with Crippen molar-refractivity contribution in [2.45, 2.75) is 37.8 Å². The molecule has 0 fully saturated rings. The number of anilines is 1. The van der Waals surface area contributed by atoms with Crippen molar-refractivity contribution >= 4 is 43.5 Å². The van der Waals surface area contributed by atoms with Gasteiger partial charge in [-0.2, -0.15) is 0 Å². The first-order valence-electron chi connectivity index (χ1n) is 11.8. The fourth-order valence-corrected chi connectivity index (χ4v) is 5.30. The van der Waals surface area contributed by atoms with Crippen molar-refractivity contribution in [3.8, 4) is 0 Å². The zero-order chi connectivity index (χ0) is 27.0. The number of nitrogens with one attached hydrogen (secondary N) is 1. The summed E-state index contributed by atoms with van der Waals surface area (Å²) >= 11 is 3.39. The van der Waals surface area contributed by atoms with Crippen LogP contribution in [0.4, 0.5) is 10.1 Å². The van der Waals surface area contributed by atoms with Gasteiger partial charge in [0.2, 0.25) is 11.8 Å². The number of hydrogen-bond donors (Lipinski definition) is 1. The molecule has 0 aromatic heterocycles. The number of amides is 2. The van der Waals surface area contributed by atoms with Crippen LogP contribution in [0, 0.1) is 5.82 Å². The molecule has 2 amide bonds. The number of carbonyl (C=O) groups is 2. The van der Waals surface area contributed by atoms with Crippen LogP contribution < -0.4 is 9.62 Å². The van der Waals surface area contributed by atoms with Crippen molar-refractivity contribution in [3.05, 3.63) is 94.7 Å². The van der Waals surface area contributed by atoms with Crippen molar-refractivity contribution in [3.63, 3.8) is 0 Å². The zero-order valence-electron chi connectivity index (χ0n) is 20.6. The highest BCUT2D eigenvalue weighted by Gasteiger charge is 2.32. The number of nitrogens with zero attached hydrogens (tertiary/aromatic N) is 2. The monoisotopic (exact) mass is 589 g/mol. The second-order valence-corrected chi connectivity index (χ2v) is 11.2. The van der Waals surface area contributed by atoms with Gasteiger partial charge in [0, 0.05) is 17.6 Å². The molecule has 10 heteroatoms. The number of para-hydroxylation sites is 1. The van der Waals surface area contributed by atoms with Crippen LogP contribution in [0.1, 0.15) is 25.8 Å². The molecule has 3 aromatic carbocycles. The van der Waals surface area contributed by atoms with Gasteiger partial charge in [-0.1, -0.05) is 53.2 Å². The molecule has 0 aliphatic rings. The largest absolute Gasteiger partial charge is 0.354 e. The Morgan fingerprint density at radius 3 is 2.19 bits per heavy atom. The van der Waals surface area contributed by atoms with Crippen LogP contribution in [0.25, 0.3) is 0 Å². The minimum atomic E-state index is -4.23. The summed E-state index contributed by atoms with van der Waals surface area (Å²) in [6.07, 6.45) is 0.733. The molecule has 0 radical (unpaired) electrons. The molecule has 0 spiro atoms. The van der Waals surface area contributed by atoms with Crippen LogP contribution in [0.3, 0.4) is 0 Å². The molecule has 7 nitrogen and oxygen atoms in total. The highest BCUT2D eigenvalue weighted by Crippen LogP contribution is 2.24. The van der Waals surface area contributed by atoms with Crippen LogP contribution in [-0.2, 0) is 26.2 Å². The van der Waals surface area contributed by atoms with Gasteiger partial charge < -0.3 is 10.2 Å². The van der Waals surface area contributed by atoms with E-state index in [4.69, 9.17) is 0 Å². The number of halogens is 2. The molecule has 1 N–H and O–H groups in total. The van der Waals surface area contributed by atoms with Crippen molar-refractivity contribution in [1.82, 2.24) is 10.2 Å². The molecule has 196 valence electrons. The summed E-state index contributed by atoms with van der Waals surface area (Å²) in [4.78, 5) is 27.8. The second-order valence-electron chi connectivity index (χ2n) is 8.42. The fourth-order valence-electron chi connectivity index (χ4n) is 3.62. The van der Waals surface area contributed by atoms with Crippen LogP contribution >= 0.6 is 15.9 Å². The summed E-state index contributed by atoms with van der Waals surface area (Å²) in [6, 6.07) is 19.1. The predicted octanol–water partition coefficient (Wildman–Crippen LogP) is 4.73. The zero-order valence-corrected chi connectivity index (χ0v) is 23.0. The Bertz CT molecular complexity index is 1300. The molecule has 0 unspecified atom stereocenters. The Labute approximate surface area is 225 Å². The van der Waals surface area contributed by atoms with Gasteiger partial charge in [-0.3, -0.25) is 13.9 Å². The van der Waals surface area contributed by atoms with Gasteiger partial charge in [-0.05, 0) is 67.4 Å². The molecule has 3 rings (SSSR count). The maximum atomic E-state index is 13.7. The average Bonchev–Trinajstić information content (AvgIpc) is 2.90. The van der Waals surface area contributed by atoms with Gasteiger partial charge in [-0.15, -0.1) is 0 Å². The van der Waals surface area contributed by atoms with E-state index in [-0.39, 0.29) is 23.0 Å². The van der Waals surface area contributed by atoms with Gasteiger partial charge >= 0.3 is 0 Å². The summed E-state index contributed by atoms with van der Waals surface area (Å²) in [5, 5.41) is 2.80. The van der Waals surface area contributed by atoms with E-state index in [1.165, 1.54) is 4.90 Å². The Morgan fingerprint density at radius 1 is 0.973 bits per heavy atom. The smallest absolute Gasteiger partial charge is 0.264 e. The number of sulfonamides is 1. The van der Waals surface area contributed by atoms with E-state index in [9.17, 15) is 22.4 Å². The van der Waals surface area contributed by atoms with E-state index < -0.39 is 34.3 Å². The van der Waals surface area contributed by atoms with Gasteiger partial charge in [0.05, 0.1) is 10.6 Å².